The molecular weight excluding hydrogens is 328 g/mol. The first-order chi connectivity index (χ1) is 10.4. The molecule has 130 valence electrons. The first-order valence-electron chi connectivity index (χ1n) is 7.00. The van der Waals surface area contributed by atoms with Crippen molar-refractivity contribution in [3.05, 3.63) is 12.7 Å². The van der Waals surface area contributed by atoms with Gasteiger partial charge in [-0.25, -0.2) is 4.79 Å². The van der Waals surface area contributed by atoms with E-state index in [1.54, 1.807) is 0 Å². The lowest BCUT2D eigenvalue weighted by Crippen LogP contribution is -2.46. The third kappa shape index (κ3) is 13.9. The van der Waals surface area contributed by atoms with E-state index in [1.165, 1.54) is 0 Å². The molecule has 0 fully saturated rings. The Kier molecular flexibility index (Phi) is 15.6. The van der Waals surface area contributed by atoms with E-state index in [9.17, 15) is 4.79 Å². The molecule has 0 heterocycles. The monoisotopic (exact) mass is 354 g/mol. The Morgan fingerprint density at radius 1 is 1.14 bits per heavy atom. The molecule has 22 heavy (non-hydrogen) atoms. The number of carbonyl (C=O) groups is 1. The van der Waals surface area contributed by atoms with Crippen LogP contribution in [0.2, 0.25) is 6.04 Å². The van der Waals surface area contributed by atoms with Gasteiger partial charge < -0.3 is 27.6 Å². The molecule has 0 unspecified atom stereocenters. The fraction of sp³-hybridized carbons (Fsp3) is 0.750. The van der Waals surface area contributed by atoms with Crippen molar-refractivity contribution in [1.29, 1.82) is 0 Å². The topological polar surface area (TPSA) is 112 Å². The van der Waals surface area contributed by atoms with Gasteiger partial charge in [0, 0.05) is 31.9 Å². The van der Waals surface area contributed by atoms with Gasteiger partial charge in [-0.15, -0.1) is 0 Å². The lowest BCUT2D eigenvalue weighted by Gasteiger charge is -2.28. The number of hydrogen-bond donors (Lipinski definition) is 2. The number of rotatable bonds is 11. The van der Waals surface area contributed by atoms with E-state index in [0.717, 1.165) is 6.08 Å². The van der Waals surface area contributed by atoms with E-state index in [0.29, 0.717) is 38.9 Å². The fourth-order valence-electron chi connectivity index (χ4n) is 1.52. The van der Waals surface area contributed by atoms with Crippen molar-refractivity contribution in [1.82, 2.24) is 0 Å². The van der Waals surface area contributed by atoms with Crippen LogP contribution in [0.25, 0.3) is 0 Å². The Bertz CT molecular complexity index is 303. The van der Waals surface area contributed by atoms with Gasteiger partial charge in [-0.3, -0.25) is 4.46 Å². The summed E-state index contributed by atoms with van der Waals surface area (Å²) in [6.07, 6.45) is 1.81. The second-order valence-corrected chi connectivity index (χ2v) is 7.04. The van der Waals surface area contributed by atoms with Crippen LogP contribution in [0.1, 0.15) is 27.2 Å². The molecule has 0 saturated carbocycles. The molecule has 0 aliphatic carbocycles. The molecule has 8 nitrogen and oxygen atoms in total. The van der Waals surface area contributed by atoms with Gasteiger partial charge in [0.15, 0.2) is 0 Å². The predicted molar refractivity (Wildman–Crippen MR) is 82.1 cm³/mol. The summed E-state index contributed by atoms with van der Waals surface area (Å²) in [5.74, 6) is -0.411. The molecule has 0 aromatic rings. The van der Waals surface area contributed by atoms with Crippen LogP contribution >= 0.6 is 0 Å². The minimum absolute atomic E-state index is 0.326. The van der Waals surface area contributed by atoms with Crippen LogP contribution in [0.4, 0.5) is 0 Å². The highest BCUT2D eigenvalue weighted by Gasteiger charge is 2.39. The summed E-state index contributed by atoms with van der Waals surface area (Å²) in [7, 11) is -5.72. The molecule has 0 bridgehead atoms. The highest BCUT2D eigenvalue weighted by Crippen LogP contribution is 2.18. The van der Waals surface area contributed by atoms with Gasteiger partial charge in [-0.2, -0.15) is 0 Å². The third-order valence-corrected chi connectivity index (χ3v) is 5.28. The lowest BCUT2D eigenvalue weighted by molar-refractivity contribution is -0.137. The molecule has 2 N–H and O–H groups in total. The average molecular weight is 355 g/mol. The highest BCUT2D eigenvalue weighted by molar-refractivity contribution is 6.60. The summed E-state index contributed by atoms with van der Waals surface area (Å²) in [4.78, 5) is 25.2. The zero-order chi connectivity index (χ0) is 17.4. The second-order valence-electron chi connectivity index (χ2n) is 3.74. The quantitative estimate of drug-likeness (QED) is 0.239. The molecule has 0 amide bonds. The maximum absolute atomic E-state index is 10.9. The van der Waals surface area contributed by atoms with E-state index in [2.05, 4.69) is 6.58 Å². The van der Waals surface area contributed by atoms with E-state index in [1.807, 2.05) is 20.8 Å². The van der Waals surface area contributed by atoms with E-state index < -0.39 is 23.9 Å². The Morgan fingerprint density at radius 3 is 1.86 bits per heavy atom. The van der Waals surface area contributed by atoms with Gasteiger partial charge in [-0.05, 0) is 27.2 Å². The number of esters is 1. The van der Waals surface area contributed by atoms with Gasteiger partial charge in [0.25, 0.3) is 0 Å². The van der Waals surface area contributed by atoms with Crippen molar-refractivity contribution in [3.8, 4) is 0 Å². The molecular formula is C12H26O8Si2. The Morgan fingerprint density at radius 2 is 1.55 bits per heavy atom. The number of hydrogen-bond acceptors (Lipinski definition) is 6. The molecule has 10 heteroatoms. The van der Waals surface area contributed by atoms with Crippen LogP contribution in [0.15, 0.2) is 12.7 Å². The van der Waals surface area contributed by atoms with Gasteiger partial charge >= 0.3 is 23.9 Å². The smallest absolute Gasteiger partial charge is 0.511 e. The average Bonchev–Trinajstić information content (AvgIpc) is 2.43. The van der Waals surface area contributed by atoms with Crippen molar-refractivity contribution in [2.45, 2.75) is 33.2 Å². The summed E-state index contributed by atoms with van der Waals surface area (Å²) in [5.41, 5.74) is 0. The standard InChI is InChI=1S/C12H24O5Si.H2O3Si/c1-5-12(13)14-10-9-11-18(15-6-2,16-7-3)17-8-4;1-4(2)3/h5H,1,6-11H2,2-4H3;1-2H. The van der Waals surface area contributed by atoms with Crippen molar-refractivity contribution in [3.63, 3.8) is 0 Å². The van der Waals surface area contributed by atoms with E-state index in [4.69, 9.17) is 32.1 Å². The van der Waals surface area contributed by atoms with E-state index in [-0.39, 0.29) is 0 Å². The molecule has 0 spiro atoms. The predicted octanol–water partition coefficient (Wildman–Crippen LogP) is 0.540. The first-order valence-corrected chi connectivity index (χ1v) is 10.2. The van der Waals surface area contributed by atoms with Crippen molar-refractivity contribution >= 4 is 23.9 Å². The van der Waals surface area contributed by atoms with Crippen molar-refractivity contribution < 1.29 is 36.9 Å². The zero-order valence-corrected chi connectivity index (χ0v) is 15.4. The van der Waals surface area contributed by atoms with Crippen LogP contribution in [-0.4, -0.2) is 60.0 Å². The molecule has 0 aromatic carbocycles. The van der Waals surface area contributed by atoms with Crippen molar-refractivity contribution in [2.24, 2.45) is 0 Å². The Hall–Kier alpha value is -1.08. The van der Waals surface area contributed by atoms with Crippen LogP contribution < -0.4 is 0 Å². The largest absolute Gasteiger partial charge is 0.761 e. The van der Waals surface area contributed by atoms with Gasteiger partial charge in [0.1, 0.15) is 0 Å². The first kappa shape index (κ1) is 23.2. The lowest BCUT2D eigenvalue weighted by atomic mass is 10.5. The number of ether oxygens (including phenoxy) is 1. The Labute approximate surface area is 133 Å². The SMILES string of the molecule is C=CC(=O)OCCC[Si](OCC)(OCC)OCC.O=[Si](O)O. The maximum Gasteiger partial charge on any atom is 0.761 e. The highest BCUT2D eigenvalue weighted by atomic mass is 28.4. The molecule has 0 aromatic heterocycles. The van der Waals surface area contributed by atoms with Crippen molar-refractivity contribution in [2.75, 3.05) is 26.4 Å². The Balaban J connectivity index is 0. The summed E-state index contributed by atoms with van der Waals surface area (Å²) >= 11 is 0. The molecule has 0 aliphatic rings. The molecule has 0 aliphatic heterocycles. The van der Waals surface area contributed by atoms with Crippen LogP contribution in [0.3, 0.4) is 0 Å². The summed E-state index contributed by atoms with van der Waals surface area (Å²) < 4.78 is 30.7. The summed E-state index contributed by atoms with van der Waals surface area (Å²) in [6.45, 7) is 11.1. The maximum atomic E-state index is 10.9. The second kappa shape index (κ2) is 14.8. The van der Waals surface area contributed by atoms with Gasteiger partial charge in [-0.1, -0.05) is 6.58 Å². The summed E-state index contributed by atoms with van der Waals surface area (Å²) in [6, 6.07) is 0.646. The molecule has 0 radical (unpaired) electrons. The van der Waals surface area contributed by atoms with Gasteiger partial charge in [0.05, 0.1) is 6.61 Å². The van der Waals surface area contributed by atoms with Gasteiger partial charge in [0.2, 0.25) is 0 Å². The molecule has 0 saturated heterocycles. The number of carbonyl (C=O) groups excluding carboxylic acids is 1. The zero-order valence-electron chi connectivity index (χ0n) is 13.4. The fourth-order valence-corrected chi connectivity index (χ4v) is 4.10. The van der Waals surface area contributed by atoms with Crippen LogP contribution in [0.5, 0.6) is 0 Å². The molecule has 0 rings (SSSR count). The normalized spacial score (nSPS) is 10.3. The summed E-state index contributed by atoms with van der Waals surface area (Å²) in [5, 5.41) is 0. The third-order valence-electron chi connectivity index (χ3n) is 2.13. The molecule has 0 atom stereocenters. The van der Waals surface area contributed by atoms with E-state index >= 15 is 0 Å². The van der Waals surface area contributed by atoms with Crippen LogP contribution in [0, 0.1) is 0 Å². The van der Waals surface area contributed by atoms with Crippen LogP contribution in [-0.2, 0) is 27.3 Å². The minimum atomic E-state index is -3.13. The minimum Gasteiger partial charge on any atom is -0.511 e.